The van der Waals surface area contributed by atoms with Gasteiger partial charge in [0.25, 0.3) is 0 Å². The zero-order chi connectivity index (χ0) is 27.1. The molecule has 1 aliphatic heterocycles. The summed E-state index contributed by atoms with van der Waals surface area (Å²) in [5, 5.41) is 8.56. The average molecular weight is 540 g/mol. The highest BCUT2D eigenvalue weighted by atomic mass is 35.5. The Morgan fingerprint density at radius 3 is 2.62 bits per heavy atom. The van der Waals surface area contributed by atoms with Crippen LogP contribution in [-0.4, -0.2) is 25.3 Å². The lowest BCUT2D eigenvalue weighted by molar-refractivity contribution is 0.194. The molecule has 3 aromatic carbocycles. The van der Waals surface area contributed by atoms with Crippen molar-refractivity contribution in [2.45, 2.75) is 32.9 Å². The second-order valence-electron chi connectivity index (χ2n) is 9.63. The van der Waals surface area contributed by atoms with Crippen LogP contribution < -0.4 is 5.32 Å². The minimum Gasteiger partial charge on any atom is -0.308 e. The molecule has 5 aromatic rings. The van der Waals surface area contributed by atoms with Crippen LogP contribution in [0.1, 0.15) is 41.0 Å². The lowest BCUT2D eigenvalue weighted by atomic mass is 10.0. The summed E-state index contributed by atoms with van der Waals surface area (Å²) in [6.07, 6.45) is 2.66. The second-order valence-corrected chi connectivity index (χ2v) is 10.0. The van der Waals surface area contributed by atoms with Gasteiger partial charge in [0.2, 0.25) is 0 Å². The molecule has 6 rings (SSSR count). The molecule has 2 amide bonds. The third-order valence-corrected chi connectivity index (χ3v) is 7.56. The van der Waals surface area contributed by atoms with Gasteiger partial charge < -0.3 is 14.8 Å². The van der Waals surface area contributed by atoms with Crippen LogP contribution in [0.25, 0.3) is 11.5 Å². The number of benzene rings is 3. The maximum absolute atomic E-state index is 14.5. The Morgan fingerprint density at radius 1 is 1.05 bits per heavy atom. The highest BCUT2D eigenvalue weighted by Gasteiger charge is 2.36. The fourth-order valence-corrected chi connectivity index (χ4v) is 5.42. The van der Waals surface area contributed by atoms with E-state index in [0.717, 1.165) is 34.0 Å². The molecule has 6 nitrogen and oxygen atoms in total. The summed E-state index contributed by atoms with van der Waals surface area (Å²) in [5.41, 5.74) is 5.77. The van der Waals surface area contributed by atoms with Gasteiger partial charge in [-0.25, -0.2) is 13.9 Å². The molecule has 1 atom stereocenters. The van der Waals surface area contributed by atoms with E-state index in [2.05, 4.69) is 16.8 Å². The molecule has 0 spiro atoms. The van der Waals surface area contributed by atoms with Crippen LogP contribution in [0, 0.1) is 12.7 Å². The van der Waals surface area contributed by atoms with Crippen molar-refractivity contribution in [3.63, 3.8) is 0 Å². The number of para-hydroxylation sites is 1. The number of aryl methyl sites for hydroxylation is 2. The van der Waals surface area contributed by atoms with Crippen LogP contribution in [0.5, 0.6) is 0 Å². The van der Waals surface area contributed by atoms with Crippen molar-refractivity contribution in [3.05, 3.63) is 130 Å². The maximum atomic E-state index is 14.5. The Kier molecular flexibility index (Phi) is 6.45. The minimum atomic E-state index is -0.557. The zero-order valence-electron chi connectivity index (χ0n) is 21.6. The number of nitrogens with one attached hydrogen (secondary N) is 1. The van der Waals surface area contributed by atoms with Crippen LogP contribution in [0.15, 0.2) is 91.1 Å². The van der Waals surface area contributed by atoms with Gasteiger partial charge in [0.05, 0.1) is 29.7 Å². The summed E-state index contributed by atoms with van der Waals surface area (Å²) in [6, 6.07) is 24.9. The second kappa shape index (κ2) is 10.1. The number of anilines is 1. The summed E-state index contributed by atoms with van der Waals surface area (Å²) >= 11 is 6.35. The van der Waals surface area contributed by atoms with Gasteiger partial charge >= 0.3 is 6.03 Å². The van der Waals surface area contributed by atoms with Gasteiger partial charge in [-0.2, -0.15) is 5.10 Å². The predicted molar refractivity (Wildman–Crippen MR) is 151 cm³/mol. The van der Waals surface area contributed by atoms with Crippen LogP contribution in [0.2, 0.25) is 5.02 Å². The number of halogens is 2. The third-order valence-electron chi connectivity index (χ3n) is 7.15. The molecule has 0 fully saturated rings. The quantitative estimate of drug-likeness (QED) is 0.258. The molecular weight excluding hydrogens is 513 g/mol. The van der Waals surface area contributed by atoms with E-state index in [9.17, 15) is 9.18 Å². The molecule has 0 aliphatic carbocycles. The first-order valence-corrected chi connectivity index (χ1v) is 13.3. The highest BCUT2D eigenvalue weighted by molar-refractivity contribution is 6.31. The highest BCUT2D eigenvalue weighted by Crippen LogP contribution is 2.39. The number of hydrogen-bond donors (Lipinski definition) is 1. The van der Waals surface area contributed by atoms with E-state index in [4.69, 9.17) is 16.7 Å². The largest absolute Gasteiger partial charge is 0.322 e. The van der Waals surface area contributed by atoms with Gasteiger partial charge in [0, 0.05) is 22.5 Å². The van der Waals surface area contributed by atoms with Crippen molar-refractivity contribution in [3.8, 4) is 11.5 Å². The smallest absolute Gasteiger partial charge is 0.308 e. The number of fused-ring (bicyclic) bond motifs is 3. The average Bonchev–Trinajstić information content (AvgIpc) is 3.52. The van der Waals surface area contributed by atoms with Gasteiger partial charge in [-0.05, 0) is 73.0 Å². The first-order valence-electron chi connectivity index (χ1n) is 12.9. The number of urea groups is 1. The summed E-state index contributed by atoms with van der Waals surface area (Å²) in [7, 11) is 0. The third kappa shape index (κ3) is 4.49. The Balaban J connectivity index is 1.55. The van der Waals surface area contributed by atoms with Gasteiger partial charge in [-0.15, -0.1) is 0 Å². The number of carbonyl (C=O) groups is 1. The maximum Gasteiger partial charge on any atom is 0.322 e. The van der Waals surface area contributed by atoms with Crippen LogP contribution in [-0.2, 0) is 13.0 Å². The molecule has 0 saturated heterocycles. The molecule has 196 valence electrons. The molecule has 1 aliphatic rings. The van der Waals surface area contributed by atoms with Crippen molar-refractivity contribution in [1.29, 1.82) is 0 Å². The van der Waals surface area contributed by atoms with Crippen molar-refractivity contribution >= 4 is 23.3 Å². The van der Waals surface area contributed by atoms with E-state index in [1.807, 2.05) is 78.5 Å². The van der Waals surface area contributed by atoms with Gasteiger partial charge in [0.1, 0.15) is 11.6 Å². The van der Waals surface area contributed by atoms with Gasteiger partial charge in [0.15, 0.2) is 0 Å². The van der Waals surface area contributed by atoms with Crippen molar-refractivity contribution in [2.24, 2.45) is 0 Å². The van der Waals surface area contributed by atoms with Crippen molar-refractivity contribution in [2.75, 3.05) is 5.32 Å². The molecule has 39 heavy (non-hydrogen) atoms. The molecule has 2 aromatic heterocycles. The molecular formula is C31H27ClFN5O. The number of rotatable bonds is 4. The summed E-state index contributed by atoms with van der Waals surface area (Å²) in [4.78, 5) is 15.8. The first-order chi connectivity index (χ1) is 18.9. The Bertz CT molecular complexity index is 1680. The van der Waals surface area contributed by atoms with Crippen LogP contribution in [0.4, 0.5) is 14.9 Å². The van der Waals surface area contributed by atoms with Crippen molar-refractivity contribution < 1.29 is 9.18 Å². The lowest BCUT2D eigenvalue weighted by Crippen LogP contribution is -2.38. The monoisotopic (exact) mass is 539 g/mol. The fraction of sp³-hybridized carbons (Fsp3) is 0.161. The van der Waals surface area contributed by atoms with Gasteiger partial charge in [-0.1, -0.05) is 54.9 Å². The topological polar surface area (TPSA) is 55.1 Å². The van der Waals surface area contributed by atoms with Crippen LogP contribution in [0.3, 0.4) is 0 Å². The Morgan fingerprint density at radius 2 is 1.87 bits per heavy atom. The van der Waals surface area contributed by atoms with Crippen molar-refractivity contribution in [1.82, 2.24) is 19.2 Å². The number of hydrogen-bond acceptors (Lipinski definition) is 2. The fourth-order valence-electron chi connectivity index (χ4n) is 5.24. The predicted octanol–water partition coefficient (Wildman–Crippen LogP) is 7.46. The number of aromatic nitrogens is 3. The number of carbonyl (C=O) groups excluding carboxylic acids is 1. The molecule has 0 saturated carbocycles. The zero-order valence-corrected chi connectivity index (χ0v) is 22.4. The molecule has 1 N–H and O–H groups in total. The van der Waals surface area contributed by atoms with E-state index in [1.54, 1.807) is 17.0 Å². The van der Waals surface area contributed by atoms with E-state index >= 15 is 0 Å². The van der Waals surface area contributed by atoms with E-state index < -0.39 is 6.04 Å². The summed E-state index contributed by atoms with van der Waals surface area (Å²) in [6.45, 7) is 4.25. The molecule has 0 radical (unpaired) electrons. The van der Waals surface area contributed by atoms with E-state index in [-0.39, 0.29) is 18.4 Å². The summed E-state index contributed by atoms with van der Waals surface area (Å²) in [5.74, 6) is 0.510. The molecule has 8 heteroatoms. The lowest BCUT2D eigenvalue weighted by Gasteiger charge is -2.31. The van der Waals surface area contributed by atoms with Crippen LogP contribution >= 0.6 is 11.6 Å². The minimum absolute atomic E-state index is 0.277. The SMILES string of the molecule is CCc1nn(-c2ccccc2)c2c1CN(C(=O)Nc1ccc(C)c(Cl)c1)[C@H](c1cccc(F)c1)c1cccn1-2. The molecule has 3 heterocycles. The van der Waals surface area contributed by atoms with E-state index in [0.29, 0.717) is 22.7 Å². The standard InChI is InChI=1S/C31H27ClFN5O/c1-3-27-25-19-37(31(39)34-23-15-14-20(2)26(32)18-23)29(21-9-7-10-22(33)17-21)28-13-8-16-36(28)30(25)38(35-27)24-11-5-4-6-12-24/h4-18,29H,3,19H2,1-2H3,(H,34,39)/t29-/m1/s1. The number of nitrogens with zero attached hydrogens (tertiary/aromatic N) is 4. The van der Waals surface area contributed by atoms with E-state index in [1.165, 1.54) is 12.1 Å². The Labute approximate surface area is 231 Å². The number of amides is 2. The summed E-state index contributed by atoms with van der Waals surface area (Å²) < 4.78 is 18.5. The molecule has 0 bridgehead atoms. The Hall–Kier alpha value is -4.36. The first kappa shape index (κ1) is 24.9. The normalized spacial score (nSPS) is 14.5. The molecule has 0 unspecified atom stereocenters. The van der Waals surface area contributed by atoms with Gasteiger partial charge in [-0.3, -0.25) is 0 Å².